The molecule has 0 saturated heterocycles. The molecule has 4 heteroatoms. The maximum Gasteiger partial charge on any atom is 0.177 e. The highest BCUT2D eigenvalue weighted by Gasteiger charge is 2.37. The molecule has 0 N–H and O–H groups in total. The van der Waals surface area contributed by atoms with Crippen molar-refractivity contribution < 1.29 is 4.74 Å². The van der Waals surface area contributed by atoms with Gasteiger partial charge in [-0.3, -0.25) is 0 Å². The van der Waals surface area contributed by atoms with Gasteiger partial charge in [0.15, 0.2) is 17.2 Å². The van der Waals surface area contributed by atoms with Gasteiger partial charge in [-0.05, 0) is 51.3 Å². The molecule has 0 aliphatic heterocycles. The first-order valence-electron chi connectivity index (χ1n) is 8.82. The maximum atomic E-state index is 6.26. The number of hydrogen-bond donors (Lipinski definition) is 0. The summed E-state index contributed by atoms with van der Waals surface area (Å²) in [6.45, 7) is 6.24. The van der Waals surface area contributed by atoms with Crippen molar-refractivity contribution in [3.63, 3.8) is 0 Å². The summed E-state index contributed by atoms with van der Waals surface area (Å²) in [6, 6.07) is 18.7. The number of nitrogens with zero attached hydrogens (tertiary/aromatic N) is 3. The molecule has 0 bridgehead atoms. The zero-order valence-corrected chi connectivity index (χ0v) is 14.9. The van der Waals surface area contributed by atoms with Crippen LogP contribution in [0, 0.1) is 6.92 Å². The largest absolute Gasteiger partial charge is 0.480 e. The van der Waals surface area contributed by atoms with E-state index in [1.807, 2.05) is 30.3 Å². The van der Waals surface area contributed by atoms with E-state index in [1.165, 1.54) is 18.4 Å². The van der Waals surface area contributed by atoms with E-state index in [2.05, 4.69) is 59.8 Å². The Hall–Kier alpha value is -2.62. The molecule has 0 atom stereocenters. The fourth-order valence-corrected chi connectivity index (χ4v) is 3.22. The molecule has 1 aromatic heterocycles. The molecule has 25 heavy (non-hydrogen) atoms. The lowest BCUT2D eigenvalue weighted by atomic mass is 10.1. The van der Waals surface area contributed by atoms with Gasteiger partial charge < -0.3 is 9.30 Å². The molecule has 1 aliphatic rings. The summed E-state index contributed by atoms with van der Waals surface area (Å²) in [5, 5.41) is 9.10. The third kappa shape index (κ3) is 3.04. The molecule has 4 rings (SSSR count). The number of para-hydroxylation sites is 1. The first-order chi connectivity index (χ1) is 12.1. The Labute approximate surface area is 148 Å². The van der Waals surface area contributed by atoms with Crippen LogP contribution in [0.25, 0.3) is 11.4 Å². The lowest BCUT2D eigenvalue weighted by molar-refractivity contribution is 0.0937. The summed E-state index contributed by atoms with van der Waals surface area (Å²) < 4.78 is 8.55. The van der Waals surface area contributed by atoms with Gasteiger partial charge in [0.1, 0.15) is 5.75 Å². The van der Waals surface area contributed by atoms with Gasteiger partial charge in [-0.2, -0.15) is 0 Å². The Balaban J connectivity index is 1.77. The number of ether oxygens (including phenoxy) is 1. The predicted molar refractivity (Wildman–Crippen MR) is 98.6 cm³/mol. The van der Waals surface area contributed by atoms with Gasteiger partial charge in [0.25, 0.3) is 0 Å². The van der Waals surface area contributed by atoms with E-state index in [1.54, 1.807) is 0 Å². The molecule has 4 nitrogen and oxygen atoms in total. The lowest BCUT2D eigenvalue weighted by Gasteiger charge is -2.26. The normalized spacial score (nSPS) is 14.5. The molecule has 0 unspecified atom stereocenters. The van der Waals surface area contributed by atoms with Gasteiger partial charge in [0, 0.05) is 11.6 Å². The van der Waals surface area contributed by atoms with Crippen molar-refractivity contribution in [3.8, 4) is 17.1 Å². The summed E-state index contributed by atoms with van der Waals surface area (Å²) in [7, 11) is 0. The molecular weight excluding hydrogens is 310 g/mol. The van der Waals surface area contributed by atoms with E-state index in [0.29, 0.717) is 6.04 Å². The van der Waals surface area contributed by atoms with Crippen LogP contribution in [0.3, 0.4) is 0 Å². The minimum atomic E-state index is -0.558. The smallest absolute Gasteiger partial charge is 0.177 e. The second-order valence-corrected chi connectivity index (χ2v) is 7.19. The van der Waals surface area contributed by atoms with E-state index in [0.717, 1.165) is 23.0 Å². The van der Waals surface area contributed by atoms with Crippen LogP contribution in [0.5, 0.6) is 5.75 Å². The summed E-state index contributed by atoms with van der Waals surface area (Å²) in [6.07, 6.45) is 2.34. The zero-order valence-electron chi connectivity index (χ0n) is 14.9. The van der Waals surface area contributed by atoms with Crippen molar-refractivity contribution in [1.29, 1.82) is 0 Å². The van der Waals surface area contributed by atoms with Crippen LogP contribution in [0.1, 0.15) is 44.1 Å². The van der Waals surface area contributed by atoms with Gasteiger partial charge >= 0.3 is 0 Å². The first kappa shape index (κ1) is 15.9. The topological polar surface area (TPSA) is 39.9 Å². The highest BCUT2D eigenvalue weighted by Crippen LogP contribution is 2.42. The monoisotopic (exact) mass is 333 g/mol. The standard InChI is InChI=1S/C21H23N3O/c1-15-9-7-8-12-18(15)19-22-23-20(24(19)16-13-14-16)21(2,3)25-17-10-5-4-6-11-17/h4-12,16H,13-14H2,1-3H3. The van der Waals surface area contributed by atoms with E-state index < -0.39 is 5.60 Å². The second kappa shape index (κ2) is 6.03. The molecule has 0 amide bonds. The van der Waals surface area contributed by atoms with Crippen LogP contribution in [0.4, 0.5) is 0 Å². The third-order valence-electron chi connectivity index (χ3n) is 4.65. The molecule has 3 aromatic rings. The number of benzene rings is 2. The zero-order chi connectivity index (χ0) is 17.4. The average Bonchev–Trinajstić information content (AvgIpc) is 3.34. The number of rotatable bonds is 5. The van der Waals surface area contributed by atoms with Crippen molar-refractivity contribution in [2.75, 3.05) is 0 Å². The van der Waals surface area contributed by atoms with E-state index >= 15 is 0 Å². The van der Waals surface area contributed by atoms with Crippen LogP contribution in [-0.4, -0.2) is 14.8 Å². The summed E-state index contributed by atoms with van der Waals surface area (Å²) in [5.41, 5.74) is 1.80. The number of hydrogen-bond acceptors (Lipinski definition) is 3. The Morgan fingerprint density at radius 3 is 2.32 bits per heavy atom. The number of aryl methyl sites for hydroxylation is 1. The Morgan fingerprint density at radius 1 is 0.960 bits per heavy atom. The fourth-order valence-electron chi connectivity index (χ4n) is 3.22. The quantitative estimate of drug-likeness (QED) is 0.666. The molecule has 2 aromatic carbocycles. The highest BCUT2D eigenvalue weighted by molar-refractivity contribution is 5.60. The van der Waals surface area contributed by atoms with E-state index in [4.69, 9.17) is 4.74 Å². The van der Waals surface area contributed by atoms with Crippen LogP contribution >= 0.6 is 0 Å². The maximum absolute atomic E-state index is 6.26. The molecule has 1 saturated carbocycles. The van der Waals surface area contributed by atoms with Gasteiger partial charge in [-0.25, -0.2) is 0 Å². The molecule has 1 aliphatic carbocycles. The lowest BCUT2D eigenvalue weighted by Crippen LogP contribution is -2.29. The van der Waals surface area contributed by atoms with Crippen LogP contribution in [0.15, 0.2) is 54.6 Å². The van der Waals surface area contributed by atoms with Crippen LogP contribution in [0.2, 0.25) is 0 Å². The third-order valence-corrected chi connectivity index (χ3v) is 4.65. The molecule has 1 heterocycles. The summed E-state index contributed by atoms with van der Waals surface area (Å²) in [5.74, 6) is 2.67. The van der Waals surface area contributed by atoms with Crippen LogP contribution in [-0.2, 0) is 5.60 Å². The fraction of sp³-hybridized carbons (Fsp3) is 0.333. The Morgan fingerprint density at radius 2 is 1.64 bits per heavy atom. The first-order valence-corrected chi connectivity index (χ1v) is 8.82. The van der Waals surface area contributed by atoms with Crippen molar-refractivity contribution >= 4 is 0 Å². The van der Waals surface area contributed by atoms with Gasteiger partial charge in [-0.1, -0.05) is 42.5 Å². The van der Waals surface area contributed by atoms with E-state index in [-0.39, 0.29) is 0 Å². The minimum absolute atomic E-state index is 0.471. The summed E-state index contributed by atoms with van der Waals surface area (Å²) >= 11 is 0. The average molecular weight is 333 g/mol. The predicted octanol–water partition coefficient (Wildman–Crippen LogP) is 4.90. The Bertz CT molecular complexity index is 879. The van der Waals surface area contributed by atoms with Crippen molar-refractivity contribution in [3.05, 3.63) is 66.0 Å². The Kier molecular flexibility index (Phi) is 3.83. The van der Waals surface area contributed by atoms with Crippen molar-refractivity contribution in [2.24, 2.45) is 0 Å². The molecule has 0 spiro atoms. The highest BCUT2D eigenvalue weighted by atomic mass is 16.5. The molecule has 1 fully saturated rings. The summed E-state index contributed by atoms with van der Waals surface area (Å²) in [4.78, 5) is 0. The van der Waals surface area contributed by atoms with Gasteiger partial charge in [0.2, 0.25) is 0 Å². The second-order valence-electron chi connectivity index (χ2n) is 7.19. The van der Waals surface area contributed by atoms with Crippen molar-refractivity contribution in [2.45, 2.75) is 45.3 Å². The minimum Gasteiger partial charge on any atom is -0.480 e. The molecule has 0 radical (unpaired) electrons. The van der Waals surface area contributed by atoms with Gasteiger partial charge in [-0.15, -0.1) is 10.2 Å². The molecular formula is C21H23N3O. The molecule has 128 valence electrons. The van der Waals surface area contributed by atoms with Gasteiger partial charge in [0.05, 0.1) is 0 Å². The SMILES string of the molecule is Cc1ccccc1-c1nnc(C(C)(C)Oc2ccccc2)n1C1CC1. The van der Waals surface area contributed by atoms with E-state index in [9.17, 15) is 0 Å². The van der Waals surface area contributed by atoms with Crippen LogP contribution < -0.4 is 4.74 Å². The van der Waals surface area contributed by atoms with Crippen molar-refractivity contribution in [1.82, 2.24) is 14.8 Å². The number of aromatic nitrogens is 3.